The molecule has 3 heteroatoms. The molecule has 0 radical (unpaired) electrons. The Bertz CT molecular complexity index is 553. The lowest BCUT2D eigenvalue weighted by molar-refractivity contribution is 0.110. The molecule has 1 aromatic carbocycles. The van der Waals surface area contributed by atoms with Crippen LogP contribution in [0.25, 0.3) is 10.4 Å². The summed E-state index contributed by atoms with van der Waals surface area (Å²) in [6.45, 7) is 8.98. The van der Waals surface area contributed by atoms with Crippen molar-refractivity contribution in [3.63, 3.8) is 0 Å². The molecule has 1 aliphatic rings. The van der Waals surface area contributed by atoms with Crippen molar-refractivity contribution < 1.29 is 0 Å². The third-order valence-corrected chi connectivity index (χ3v) is 5.21. The molecular formula is C16H20N2S. The lowest BCUT2D eigenvalue weighted by Crippen LogP contribution is -2.48. The van der Waals surface area contributed by atoms with Gasteiger partial charge in [0.15, 0.2) is 0 Å². The maximum absolute atomic E-state index is 4.79. The van der Waals surface area contributed by atoms with Crippen LogP contribution >= 0.6 is 11.3 Å². The van der Waals surface area contributed by atoms with Crippen LogP contribution in [0.15, 0.2) is 30.3 Å². The van der Waals surface area contributed by atoms with Crippen LogP contribution in [0.1, 0.15) is 30.5 Å². The number of nitrogens with zero attached hydrogens (tertiary/aromatic N) is 2. The first-order chi connectivity index (χ1) is 9.15. The van der Waals surface area contributed by atoms with E-state index in [-0.39, 0.29) is 0 Å². The summed E-state index contributed by atoms with van der Waals surface area (Å²) in [4.78, 5) is 8.63. The molecule has 100 valence electrons. The van der Waals surface area contributed by atoms with E-state index in [4.69, 9.17) is 4.98 Å². The lowest BCUT2D eigenvalue weighted by atomic mass is 9.99. The standard InChI is InChI=1S/C16H20N2S/c1-11(2)18-9-14(10-18)16-17-12(3)15(19-16)13-7-5-4-6-8-13/h4-8,11,14H,9-10H2,1-3H3. The van der Waals surface area contributed by atoms with Crippen LogP contribution in [0.3, 0.4) is 0 Å². The second kappa shape index (κ2) is 5.06. The molecule has 0 aliphatic carbocycles. The molecule has 2 aromatic rings. The van der Waals surface area contributed by atoms with Gasteiger partial charge < -0.3 is 0 Å². The minimum absolute atomic E-state index is 0.642. The van der Waals surface area contributed by atoms with E-state index in [1.165, 1.54) is 34.2 Å². The molecule has 1 aromatic heterocycles. The minimum Gasteiger partial charge on any atom is -0.299 e. The third-order valence-electron chi connectivity index (χ3n) is 3.84. The second-order valence-corrected chi connectivity index (χ2v) is 6.61. The Hall–Kier alpha value is -1.19. The first-order valence-corrected chi connectivity index (χ1v) is 7.73. The topological polar surface area (TPSA) is 16.1 Å². The average Bonchev–Trinajstić information content (AvgIpc) is 2.70. The monoisotopic (exact) mass is 272 g/mol. The Morgan fingerprint density at radius 1 is 1.21 bits per heavy atom. The van der Waals surface area contributed by atoms with E-state index in [1.54, 1.807) is 0 Å². The van der Waals surface area contributed by atoms with Gasteiger partial charge in [-0.15, -0.1) is 11.3 Å². The molecule has 0 saturated carbocycles. The molecule has 0 amide bonds. The Balaban J connectivity index is 1.80. The van der Waals surface area contributed by atoms with Gasteiger partial charge in [0.05, 0.1) is 15.6 Å². The van der Waals surface area contributed by atoms with Crippen molar-refractivity contribution in [3.05, 3.63) is 41.0 Å². The van der Waals surface area contributed by atoms with Crippen molar-refractivity contribution in [3.8, 4) is 10.4 Å². The van der Waals surface area contributed by atoms with Gasteiger partial charge in [-0.2, -0.15) is 0 Å². The highest BCUT2D eigenvalue weighted by atomic mass is 32.1. The molecule has 3 rings (SSSR count). The minimum atomic E-state index is 0.642. The van der Waals surface area contributed by atoms with Gasteiger partial charge in [0, 0.05) is 25.0 Å². The molecule has 19 heavy (non-hydrogen) atoms. The summed E-state index contributed by atoms with van der Waals surface area (Å²) in [5, 5.41) is 1.31. The van der Waals surface area contributed by atoms with Crippen molar-refractivity contribution in [2.24, 2.45) is 0 Å². The summed E-state index contributed by atoms with van der Waals surface area (Å²) >= 11 is 1.87. The second-order valence-electron chi connectivity index (χ2n) is 5.58. The highest BCUT2D eigenvalue weighted by Crippen LogP contribution is 2.37. The molecule has 1 saturated heterocycles. The summed E-state index contributed by atoms with van der Waals surface area (Å²) in [5.74, 6) is 0.642. The third kappa shape index (κ3) is 2.45. The molecule has 0 bridgehead atoms. The van der Waals surface area contributed by atoms with Gasteiger partial charge in [-0.1, -0.05) is 30.3 Å². The van der Waals surface area contributed by atoms with Crippen molar-refractivity contribution in [1.29, 1.82) is 0 Å². The van der Waals surface area contributed by atoms with Gasteiger partial charge in [-0.3, -0.25) is 4.90 Å². The van der Waals surface area contributed by atoms with E-state index in [1.807, 2.05) is 11.3 Å². The van der Waals surface area contributed by atoms with Crippen molar-refractivity contribution in [1.82, 2.24) is 9.88 Å². The summed E-state index contributed by atoms with van der Waals surface area (Å²) in [6.07, 6.45) is 0. The molecule has 1 fully saturated rings. The first-order valence-electron chi connectivity index (χ1n) is 6.92. The van der Waals surface area contributed by atoms with Gasteiger partial charge in [-0.05, 0) is 26.3 Å². The Labute approximate surface area is 119 Å². The highest BCUT2D eigenvalue weighted by Gasteiger charge is 2.32. The summed E-state index contributed by atoms with van der Waals surface area (Å²) in [5.41, 5.74) is 2.47. The van der Waals surface area contributed by atoms with Crippen molar-refractivity contribution >= 4 is 11.3 Å². The number of hydrogen-bond acceptors (Lipinski definition) is 3. The number of hydrogen-bond donors (Lipinski definition) is 0. The fourth-order valence-electron chi connectivity index (χ4n) is 2.54. The van der Waals surface area contributed by atoms with Gasteiger partial charge in [-0.25, -0.2) is 4.98 Å². The Morgan fingerprint density at radius 2 is 1.89 bits per heavy atom. The predicted molar refractivity (Wildman–Crippen MR) is 81.7 cm³/mol. The van der Waals surface area contributed by atoms with Crippen LogP contribution in [-0.4, -0.2) is 29.0 Å². The average molecular weight is 272 g/mol. The number of aryl methyl sites for hydroxylation is 1. The molecule has 2 heterocycles. The Morgan fingerprint density at radius 3 is 2.53 bits per heavy atom. The Kier molecular flexibility index (Phi) is 3.42. The van der Waals surface area contributed by atoms with E-state index in [2.05, 4.69) is 56.0 Å². The van der Waals surface area contributed by atoms with Gasteiger partial charge in [0.2, 0.25) is 0 Å². The fraction of sp³-hybridized carbons (Fsp3) is 0.438. The number of aromatic nitrogens is 1. The van der Waals surface area contributed by atoms with Crippen LogP contribution < -0.4 is 0 Å². The zero-order valence-corrected chi connectivity index (χ0v) is 12.6. The van der Waals surface area contributed by atoms with Crippen LogP contribution in [-0.2, 0) is 0 Å². The zero-order valence-electron chi connectivity index (χ0n) is 11.8. The van der Waals surface area contributed by atoms with Crippen molar-refractivity contribution in [2.75, 3.05) is 13.1 Å². The number of thiazole rings is 1. The normalized spacial score (nSPS) is 16.8. The summed E-state index contributed by atoms with van der Waals surface area (Å²) in [7, 11) is 0. The van der Waals surface area contributed by atoms with E-state index in [0.717, 1.165) is 0 Å². The smallest absolute Gasteiger partial charge is 0.0991 e. The zero-order chi connectivity index (χ0) is 13.4. The van der Waals surface area contributed by atoms with E-state index in [0.29, 0.717) is 12.0 Å². The van der Waals surface area contributed by atoms with Crippen LogP contribution in [0.5, 0.6) is 0 Å². The molecule has 0 N–H and O–H groups in total. The molecule has 0 atom stereocenters. The lowest BCUT2D eigenvalue weighted by Gasteiger charge is -2.41. The van der Waals surface area contributed by atoms with Crippen LogP contribution in [0, 0.1) is 6.92 Å². The van der Waals surface area contributed by atoms with E-state index >= 15 is 0 Å². The summed E-state index contributed by atoms with van der Waals surface area (Å²) < 4.78 is 0. The first kappa shape index (κ1) is 12.8. The van der Waals surface area contributed by atoms with Crippen LogP contribution in [0.2, 0.25) is 0 Å². The number of likely N-dealkylation sites (tertiary alicyclic amines) is 1. The molecule has 1 aliphatic heterocycles. The largest absolute Gasteiger partial charge is 0.299 e. The van der Waals surface area contributed by atoms with Gasteiger partial charge in [0.25, 0.3) is 0 Å². The number of rotatable bonds is 3. The maximum atomic E-state index is 4.79. The maximum Gasteiger partial charge on any atom is 0.0991 e. The van der Waals surface area contributed by atoms with Crippen LogP contribution in [0.4, 0.5) is 0 Å². The van der Waals surface area contributed by atoms with E-state index < -0.39 is 0 Å². The molecule has 0 spiro atoms. The molecule has 0 unspecified atom stereocenters. The van der Waals surface area contributed by atoms with Gasteiger partial charge in [0.1, 0.15) is 0 Å². The predicted octanol–water partition coefficient (Wildman–Crippen LogP) is 3.93. The quantitative estimate of drug-likeness (QED) is 0.841. The summed E-state index contributed by atoms with van der Waals surface area (Å²) in [6, 6.07) is 11.3. The van der Waals surface area contributed by atoms with Gasteiger partial charge >= 0.3 is 0 Å². The highest BCUT2D eigenvalue weighted by molar-refractivity contribution is 7.15. The fourth-order valence-corrected chi connectivity index (χ4v) is 3.69. The number of benzene rings is 1. The molecule has 2 nitrogen and oxygen atoms in total. The SMILES string of the molecule is Cc1nc(C2CN(C(C)C)C2)sc1-c1ccccc1. The van der Waals surface area contributed by atoms with E-state index in [9.17, 15) is 0 Å². The van der Waals surface area contributed by atoms with Crippen molar-refractivity contribution in [2.45, 2.75) is 32.7 Å². The molecular weight excluding hydrogens is 252 g/mol.